The Hall–Kier alpha value is -1.89. The molecule has 1 aromatic heterocycles. The van der Waals surface area contributed by atoms with Crippen LogP contribution in [0.25, 0.3) is 0 Å². The zero-order chi connectivity index (χ0) is 14.9. The lowest BCUT2D eigenvalue weighted by Crippen LogP contribution is -2.37. The van der Waals surface area contributed by atoms with E-state index in [0.717, 1.165) is 24.2 Å². The highest BCUT2D eigenvalue weighted by molar-refractivity contribution is 5.80. The molecule has 0 saturated heterocycles. The molecule has 0 aromatic carbocycles. The van der Waals surface area contributed by atoms with Crippen LogP contribution in [0.5, 0.6) is 0 Å². The molecule has 7 heteroatoms. The Morgan fingerprint density at radius 2 is 1.95 bits per heavy atom. The molecule has 2 rings (SSSR count). The normalized spacial score (nSPS) is 15.0. The number of primary amides is 1. The van der Waals surface area contributed by atoms with Gasteiger partial charge in [0.15, 0.2) is 0 Å². The van der Waals surface area contributed by atoms with Crippen LogP contribution in [0.1, 0.15) is 44.0 Å². The molecule has 7 nitrogen and oxygen atoms in total. The van der Waals surface area contributed by atoms with E-state index in [9.17, 15) is 4.79 Å². The molecule has 1 aromatic rings. The third-order valence-electron chi connectivity index (χ3n) is 3.61. The number of nitrogens with zero attached hydrogens (tertiary/aromatic N) is 2. The first-order valence-corrected chi connectivity index (χ1v) is 6.74. The first kappa shape index (κ1) is 14.5. The van der Waals surface area contributed by atoms with Gasteiger partial charge >= 0.3 is 0 Å². The molecule has 20 heavy (non-hydrogen) atoms. The van der Waals surface area contributed by atoms with Crippen LogP contribution in [0.4, 0.5) is 11.6 Å². The Bertz CT molecular complexity index is 524. The van der Waals surface area contributed by atoms with Gasteiger partial charge in [0.1, 0.15) is 17.5 Å². The summed E-state index contributed by atoms with van der Waals surface area (Å²) in [6.07, 6.45) is 2.22. The maximum atomic E-state index is 11.4. The molecule has 110 valence electrons. The summed E-state index contributed by atoms with van der Waals surface area (Å²) in [7, 11) is 0. The minimum absolute atomic E-state index is 0.351. The Morgan fingerprint density at radius 1 is 1.35 bits per heavy atom. The van der Waals surface area contributed by atoms with Crippen LogP contribution in [0.15, 0.2) is 0 Å². The number of anilines is 2. The number of nitrogens with one attached hydrogen (secondary N) is 2. The van der Waals surface area contributed by atoms with Gasteiger partial charge in [0.05, 0.1) is 5.41 Å². The zero-order valence-corrected chi connectivity index (χ0v) is 12.2. The van der Waals surface area contributed by atoms with Gasteiger partial charge in [-0.15, -0.1) is 0 Å². The van der Waals surface area contributed by atoms with Gasteiger partial charge in [-0.2, -0.15) is 0 Å². The van der Waals surface area contributed by atoms with Crippen molar-refractivity contribution in [1.29, 1.82) is 0 Å². The van der Waals surface area contributed by atoms with E-state index in [4.69, 9.17) is 11.6 Å². The largest absolute Gasteiger partial charge is 0.369 e. The highest BCUT2D eigenvalue weighted by Crippen LogP contribution is 2.39. The fourth-order valence-electron chi connectivity index (χ4n) is 1.76. The number of carbonyl (C=O) groups is 1. The van der Waals surface area contributed by atoms with Crippen LogP contribution in [0.2, 0.25) is 0 Å². The van der Waals surface area contributed by atoms with Crippen molar-refractivity contribution in [2.75, 3.05) is 17.3 Å². The Labute approximate surface area is 118 Å². The van der Waals surface area contributed by atoms with E-state index in [1.54, 1.807) is 13.8 Å². The third-order valence-corrected chi connectivity index (χ3v) is 3.61. The van der Waals surface area contributed by atoms with Gasteiger partial charge in [0.2, 0.25) is 5.91 Å². The predicted molar refractivity (Wildman–Crippen MR) is 78.0 cm³/mol. The number of hydrazine groups is 1. The SMILES string of the molecule is Cc1c(NN)nc(C2CC2)nc1NCC(C)(C)C(N)=O. The summed E-state index contributed by atoms with van der Waals surface area (Å²) in [5, 5.41) is 3.18. The lowest BCUT2D eigenvalue weighted by atomic mass is 9.93. The molecule has 1 aliphatic carbocycles. The van der Waals surface area contributed by atoms with Crippen LogP contribution in [0.3, 0.4) is 0 Å². The summed E-state index contributed by atoms with van der Waals surface area (Å²) >= 11 is 0. The predicted octanol–water partition coefficient (Wildman–Crippen LogP) is 0.871. The standard InChI is InChI=1S/C13H22N6O/c1-7-9(16-6-13(2,3)12(14)20)17-11(8-4-5-8)18-10(7)19-15/h8H,4-6,15H2,1-3H3,(H2,14,20)(H2,16,17,18,19). The van der Waals surface area contributed by atoms with E-state index in [-0.39, 0.29) is 5.91 Å². The summed E-state index contributed by atoms with van der Waals surface area (Å²) < 4.78 is 0. The van der Waals surface area contributed by atoms with Gasteiger partial charge in [0, 0.05) is 18.0 Å². The second-order valence-corrected chi connectivity index (χ2v) is 5.92. The molecular formula is C13H22N6O. The van der Waals surface area contributed by atoms with Crippen molar-refractivity contribution >= 4 is 17.5 Å². The van der Waals surface area contributed by atoms with E-state index in [1.807, 2.05) is 6.92 Å². The number of rotatable bonds is 6. The molecule has 0 bridgehead atoms. The summed E-state index contributed by atoms with van der Waals surface area (Å²) in [5.41, 5.74) is 8.15. The van der Waals surface area contributed by atoms with Gasteiger partial charge < -0.3 is 16.5 Å². The molecule has 0 radical (unpaired) electrons. The monoisotopic (exact) mass is 278 g/mol. The van der Waals surface area contributed by atoms with E-state index in [1.165, 1.54) is 0 Å². The van der Waals surface area contributed by atoms with Crippen molar-refractivity contribution in [3.8, 4) is 0 Å². The Morgan fingerprint density at radius 3 is 2.45 bits per heavy atom. The summed E-state index contributed by atoms with van der Waals surface area (Å²) in [6.45, 7) is 5.88. The van der Waals surface area contributed by atoms with Gasteiger partial charge in [-0.3, -0.25) is 4.79 Å². The van der Waals surface area contributed by atoms with E-state index in [0.29, 0.717) is 24.1 Å². The number of nitrogen functional groups attached to an aromatic ring is 1. The first-order valence-electron chi connectivity index (χ1n) is 6.74. The summed E-state index contributed by atoms with van der Waals surface area (Å²) in [6, 6.07) is 0. The quantitative estimate of drug-likeness (QED) is 0.453. The summed E-state index contributed by atoms with van der Waals surface area (Å²) in [4.78, 5) is 20.3. The van der Waals surface area contributed by atoms with Crippen LogP contribution >= 0.6 is 0 Å². The molecule has 1 aliphatic rings. The highest BCUT2D eigenvalue weighted by Gasteiger charge is 2.29. The molecule has 6 N–H and O–H groups in total. The van der Waals surface area contributed by atoms with E-state index >= 15 is 0 Å². The second kappa shape index (κ2) is 5.24. The van der Waals surface area contributed by atoms with Crippen LogP contribution < -0.4 is 22.3 Å². The van der Waals surface area contributed by atoms with Crippen molar-refractivity contribution in [2.45, 2.75) is 39.5 Å². The van der Waals surface area contributed by atoms with Crippen molar-refractivity contribution in [3.05, 3.63) is 11.4 Å². The average Bonchev–Trinajstić information content (AvgIpc) is 3.21. The number of nitrogens with two attached hydrogens (primary N) is 2. The smallest absolute Gasteiger partial charge is 0.224 e. The second-order valence-electron chi connectivity index (χ2n) is 5.92. The molecule has 0 atom stereocenters. The molecule has 0 unspecified atom stereocenters. The molecular weight excluding hydrogens is 256 g/mol. The maximum absolute atomic E-state index is 11.4. The van der Waals surface area contributed by atoms with Crippen molar-refractivity contribution in [2.24, 2.45) is 17.0 Å². The lowest BCUT2D eigenvalue weighted by Gasteiger charge is -2.22. The maximum Gasteiger partial charge on any atom is 0.224 e. The van der Waals surface area contributed by atoms with E-state index < -0.39 is 5.41 Å². The van der Waals surface area contributed by atoms with E-state index in [2.05, 4.69) is 20.7 Å². The number of carbonyl (C=O) groups excluding carboxylic acids is 1. The Balaban J connectivity index is 2.22. The summed E-state index contributed by atoms with van der Waals surface area (Å²) in [5.74, 6) is 7.67. The fourth-order valence-corrected chi connectivity index (χ4v) is 1.76. The van der Waals surface area contributed by atoms with Crippen LogP contribution in [0, 0.1) is 12.3 Å². The van der Waals surface area contributed by atoms with Gasteiger partial charge in [-0.25, -0.2) is 15.8 Å². The van der Waals surface area contributed by atoms with Gasteiger partial charge in [0.25, 0.3) is 0 Å². The number of hydrogen-bond donors (Lipinski definition) is 4. The Kier molecular flexibility index (Phi) is 3.80. The van der Waals surface area contributed by atoms with Crippen molar-refractivity contribution < 1.29 is 4.79 Å². The number of aromatic nitrogens is 2. The number of hydrogen-bond acceptors (Lipinski definition) is 6. The molecule has 1 heterocycles. The van der Waals surface area contributed by atoms with Gasteiger partial charge in [-0.1, -0.05) is 0 Å². The first-order chi connectivity index (χ1) is 9.35. The van der Waals surface area contributed by atoms with Crippen molar-refractivity contribution in [3.63, 3.8) is 0 Å². The van der Waals surface area contributed by atoms with Crippen molar-refractivity contribution in [1.82, 2.24) is 9.97 Å². The molecule has 0 spiro atoms. The van der Waals surface area contributed by atoms with Gasteiger partial charge in [-0.05, 0) is 33.6 Å². The highest BCUT2D eigenvalue weighted by atomic mass is 16.1. The van der Waals surface area contributed by atoms with Crippen LogP contribution in [-0.4, -0.2) is 22.4 Å². The zero-order valence-electron chi connectivity index (χ0n) is 12.2. The molecule has 1 amide bonds. The molecule has 1 fully saturated rings. The lowest BCUT2D eigenvalue weighted by molar-refractivity contribution is -0.125. The molecule has 1 saturated carbocycles. The minimum atomic E-state index is -0.645. The molecule has 0 aliphatic heterocycles. The average molecular weight is 278 g/mol. The fraction of sp³-hybridized carbons (Fsp3) is 0.615. The minimum Gasteiger partial charge on any atom is -0.369 e. The number of amides is 1. The topological polar surface area (TPSA) is 119 Å². The van der Waals surface area contributed by atoms with Crippen LogP contribution in [-0.2, 0) is 4.79 Å². The third kappa shape index (κ3) is 2.98.